The molecule has 2 fully saturated rings. The quantitative estimate of drug-likeness (QED) is 0.272. The molecule has 29 heavy (non-hydrogen) atoms. The molecule has 2 aliphatic heterocycles. The van der Waals surface area contributed by atoms with Crippen LogP contribution in [-0.2, 0) is 27.9 Å². The Labute approximate surface area is 185 Å². The van der Waals surface area contributed by atoms with Crippen molar-refractivity contribution in [3.8, 4) is 0 Å². The van der Waals surface area contributed by atoms with Gasteiger partial charge in [0.1, 0.15) is 12.2 Å². The Bertz CT molecular complexity index is 1030. The zero-order chi connectivity index (χ0) is 20.1. The number of H-pyrrole nitrogens is 1. The number of imidazole rings is 1. The standard InChI is InChI=1S/C14H18N5O8P.Na/c1-2-3-7(20)26-10-9-6(4-24-28(22,23)27-9)25-13(10)19-5-16-8-11(19)17-14(15)18-12(8)21;/h5-6,9-10,13H,2-4H2,1H3,(H,22,23)(H3,15,17,18,21);/q;+1/p-1/t6-,9?,10+,13-;/m1./s1. The number of carbonyl (C=O) groups excluding carboxylic acids is 1. The van der Waals surface area contributed by atoms with Crippen LogP contribution in [0.1, 0.15) is 26.0 Å². The van der Waals surface area contributed by atoms with Crippen molar-refractivity contribution >= 4 is 30.9 Å². The van der Waals surface area contributed by atoms with E-state index >= 15 is 0 Å². The molecule has 0 amide bonds. The summed E-state index contributed by atoms with van der Waals surface area (Å²) in [5, 5.41) is 0. The van der Waals surface area contributed by atoms with E-state index in [0.717, 1.165) is 0 Å². The number of aromatic nitrogens is 4. The van der Waals surface area contributed by atoms with Crippen molar-refractivity contribution < 1.29 is 62.3 Å². The van der Waals surface area contributed by atoms with Gasteiger partial charge in [0.25, 0.3) is 13.4 Å². The molecule has 0 spiro atoms. The van der Waals surface area contributed by atoms with Crippen LogP contribution in [0, 0.1) is 0 Å². The molecule has 0 radical (unpaired) electrons. The molecule has 2 aromatic rings. The van der Waals surface area contributed by atoms with Gasteiger partial charge >= 0.3 is 35.5 Å². The molecule has 152 valence electrons. The van der Waals surface area contributed by atoms with Crippen LogP contribution in [0.25, 0.3) is 11.2 Å². The molecule has 0 bridgehead atoms. The van der Waals surface area contributed by atoms with E-state index in [1.165, 1.54) is 10.9 Å². The van der Waals surface area contributed by atoms with Crippen molar-refractivity contribution in [2.75, 3.05) is 12.3 Å². The maximum absolute atomic E-state index is 12.1. The largest absolute Gasteiger partial charge is 1.00 e. The molecular formula is C14H17N5NaO8P. The van der Waals surface area contributed by atoms with Crippen LogP contribution in [0.5, 0.6) is 0 Å². The number of phosphoric ester groups is 1. The van der Waals surface area contributed by atoms with Crippen LogP contribution in [0.4, 0.5) is 5.95 Å². The maximum Gasteiger partial charge on any atom is 1.00 e. The first-order valence-electron chi connectivity index (χ1n) is 8.50. The summed E-state index contributed by atoms with van der Waals surface area (Å²) in [6, 6.07) is 0. The fraction of sp³-hybridized carbons (Fsp3) is 0.571. The van der Waals surface area contributed by atoms with Gasteiger partial charge in [0.15, 0.2) is 23.5 Å². The molecule has 5 atom stereocenters. The minimum Gasteiger partial charge on any atom is -0.756 e. The van der Waals surface area contributed by atoms with Crippen molar-refractivity contribution in [1.29, 1.82) is 0 Å². The first kappa shape index (κ1) is 22.4. The van der Waals surface area contributed by atoms with E-state index in [1.807, 2.05) is 0 Å². The number of hydrogen-bond donors (Lipinski definition) is 2. The number of hydrogen-bond acceptors (Lipinski definition) is 11. The molecule has 2 aliphatic rings. The predicted molar refractivity (Wildman–Crippen MR) is 89.7 cm³/mol. The molecule has 4 heterocycles. The summed E-state index contributed by atoms with van der Waals surface area (Å²) in [6.07, 6.45) is -2.17. The smallest absolute Gasteiger partial charge is 0.756 e. The first-order valence-corrected chi connectivity index (χ1v) is 9.96. The molecule has 2 unspecified atom stereocenters. The summed E-state index contributed by atoms with van der Waals surface area (Å²) in [5.41, 5.74) is 5.13. The summed E-state index contributed by atoms with van der Waals surface area (Å²) in [4.78, 5) is 46.2. The molecule has 0 saturated carbocycles. The average molecular weight is 437 g/mol. The molecule has 13 nitrogen and oxygen atoms in total. The molecular weight excluding hydrogens is 420 g/mol. The Morgan fingerprint density at radius 3 is 3.03 bits per heavy atom. The van der Waals surface area contributed by atoms with Crippen molar-refractivity contribution in [2.24, 2.45) is 0 Å². The number of nitrogens with two attached hydrogens (primary N) is 1. The molecule has 4 rings (SSSR count). The van der Waals surface area contributed by atoms with Gasteiger partial charge in [0, 0.05) is 6.42 Å². The molecule has 0 aliphatic carbocycles. The van der Waals surface area contributed by atoms with E-state index in [9.17, 15) is 19.0 Å². The number of ether oxygens (including phenoxy) is 2. The van der Waals surface area contributed by atoms with Gasteiger partial charge in [-0.15, -0.1) is 0 Å². The van der Waals surface area contributed by atoms with Crippen LogP contribution in [0.15, 0.2) is 11.1 Å². The number of nitrogens with zero attached hydrogens (tertiary/aromatic N) is 3. The number of rotatable bonds is 4. The van der Waals surface area contributed by atoms with Crippen molar-refractivity contribution in [2.45, 2.75) is 44.3 Å². The molecule has 3 N–H and O–H groups in total. The van der Waals surface area contributed by atoms with Crippen LogP contribution in [0.2, 0.25) is 0 Å². The number of nitrogen functional groups attached to an aromatic ring is 1. The fourth-order valence-electron chi connectivity index (χ4n) is 3.21. The molecule has 2 saturated heterocycles. The topological polar surface area (TPSA) is 184 Å². The molecule has 2 aromatic heterocycles. The average Bonchev–Trinajstić information content (AvgIpc) is 3.16. The first-order chi connectivity index (χ1) is 13.3. The van der Waals surface area contributed by atoms with Gasteiger partial charge in [-0.3, -0.25) is 23.7 Å². The van der Waals surface area contributed by atoms with Crippen LogP contribution >= 0.6 is 7.82 Å². The van der Waals surface area contributed by atoms with E-state index in [4.69, 9.17) is 19.7 Å². The second-order valence-corrected chi connectivity index (χ2v) is 7.72. The van der Waals surface area contributed by atoms with Gasteiger partial charge < -0.3 is 29.1 Å². The zero-order valence-corrected chi connectivity index (χ0v) is 18.5. The van der Waals surface area contributed by atoms with Gasteiger partial charge in [0.05, 0.1) is 12.9 Å². The van der Waals surface area contributed by atoms with E-state index in [1.54, 1.807) is 6.92 Å². The van der Waals surface area contributed by atoms with E-state index < -0.39 is 43.9 Å². The van der Waals surface area contributed by atoms with Crippen LogP contribution in [-0.4, -0.2) is 50.4 Å². The number of anilines is 1. The van der Waals surface area contributed by atoms with Gasteiger partial charge in [-0.25, -0.2) is 4.98 Å². The molecule has 15 heteroatoms. The predicted octanol–water partition coefficient (Wildman–Crippen LogP) is -3.80. The van der Waals surface area contributed by atoms with Crippen LogP contribution < -0.4 is 45.7 Å². The Morgan fingerprint density at radius 2 is 2.31 bits per heavy atom. The second kappa shape index (κ2) is 8.44. The maximum atomic E-state index is 12.1. The number of nitrogens with one attached hydrogen (secondary N) is 1. The monoisotopic (exact) mass is 437 g/mol. The minimum absolute atomic E-state index is 0. The van der Waals surface area contributed by atoms with Crippen molar-refractivity contribution in [3.63, 3.8) is 0 Å². The number of esters is 1. The third kappa shape index (κ3) is 4.28. The normalized spacial score (nSPS) is 31.2. The van der Waals surface area contributed by atoms with Crippen molar-refractivity contribution in [3.05, 3.63) is 16.7 Å². The van der Waals surface area contributed by atoms with E-state index in [2.05, 4.69) is 19.5 Å². The van der Waals surface area contributed by atoms with Crippen molar-refractivity contribution in [1.82, 2.24) is 19.5 Å². The Kier molecular flexibility index (Phi) is 6.51. The second-order valence-electron chi connectivity index (χ2n) is 6.36. The number of fused-ring (bicyclic) bond motifs is 2. The fourth-order valence-corrected chi connectivity index (χ4v) is 4.15. The van der Waals surface area contributed by atoms with E-state index in [-0.39, 0.29) is 59.7 Å². The Balaban J connectivity index is 0.00000240. The Morgan fingerprint density at radius 1 is 1.55 bits per heavy atom. The summed E-state index contributed by atoms with van der Waals surface area (Å²) in [7, 11) is -4.56. The SMILES string of the molecule is CCCC(=O)O[C@H]1C2OP(=O)([O-])OC[C@H]2O[C@H]1n1cnc2c(=O)[nH]c(N)nc21.[Na+]. The third-order valence-electron chi connectivity index (χ3n) is 4.38. The van der Waals surface area contributed by atoms with Gasteiger partial charge in [0.2, 0.25) is 5.95 Å². The summed E-state index contributed by atoms with van der Waals surface area (Å²) >= 11 is 0. The van der Waals surface area contributed by atoms with Gasteiger partial charge in [-0.05, 0) is 6.42 Å². The number of carbonyl (C=O) groups is 1. The van der Waals surface area contributed by atoms with Gasteiger partial charge in [-0.2, -0.15) is 4.98 Å². The van der Waals surface area contributed by atoms with E-state index in [0.29, 0.717) is 6.42 Å². The number of phosphoric acid groups is 1. The third-order valence-corrected chi connectivity index (χ3v) is 5.35. The number of aromatic amines is 1. The van der Waals surface area contributed by atoms with Crippen LogP contribution in [0.3, 0.4) is 0 Å². The Hall–Kier alpha value is -1.31. The summed E-state index contributed by atoms with van der Waals surface area (Å²) in [5.74, 6) is -0.690. The van der Waals surface area contributed by atoms with Gasteiger partial charge in [-0.1, -0.05) is 6.92 Å². The minimum atomic E-state index is -4.56. The summed E-state index contributed by atoms with van der Waals surface area (Å²) < 4.78 is 34.1. The zero-order valence-electron chi connectivity index (χ0n) is 15.6. The molecule has 0 aromatic carbocycles. The summed E-state index contributed by atoms with van der Waals surface area (Å²) in [6.45, 7) is 1.50.